The van der Waals surface area contributed by atoms with E-state index in [1.54, 1.807) is 6.07 Å². The summed E-state index contributed by atoms with van der Waals surface area (Å²) in [7, 11) is 1.48. The molecular formula is C16H15BrO4. The van der Waals surface area contributed by atoms with Gasteiger partial charge in [0.1, 0.15) is 6.61 Å². The molecule has 0 bridgehead atoms. The molecule has 21 heavy (non-hydrogen) atoms. The van der Waals surface area contributed by atoms with Crippen LogP contribution in [0.4, 0.5) is 0 Å². The van der Waals surface area contributed by atoms with Crippen LogP contribution >= 0.6 is 15.9 Å². The molecule has 1 N–H and O–H groups in total. The summed E-state index contributed by atoms with van der Waals surface area (Å²) in [6.45, 7) is 2.41. The van der Waals surface area contributed by atoms with Gasteiger partial charge in [0, 0.05) is 4.47 Å². The number of hydrogen-bond donors (Lipinski definition) is 1. The third-order valence-corrected chi connectivity index (χ3v) is 3.65. The number of hydrogen-bond acceptors (Lipinski definition) is 3. The first kappa shape index (κ1) is 15.4. The largest absolute Gasteiger partial charge is 0.493 e. The summed E-state index contributed by atoms with van der Waals surface area (Å²) in [5.74, 6) is -0.136. The van der Waals surface area contributed by atoms with Gasteiger partial charge in [-0.15, -0.1) is 0 Å². The summed E-state index contributed by atoms with van der Waals surface area (Å²) in [6, 6.07) is 11.1. The second-order valence-electron chi connectivity index (χ2n) is 4.56. The SMILES string of the molecule is COc1cc(C(=O)O)c(Br)cc1OCc1ccc(C)cc1. The first-order chi connectivity index (χ1) is 10.0. The van der Waals surface area contributed by atoms with Crippen molar-refractivity contribution in [3.63, 3.8) is 0 Å². The molecule has 0 aromatic heterocycles. The normalized spacial score (nSPS) is 10.2. The Morgan fingerprint density at radius 2 is 1.86 bits per heavy atom. The van der Waals surface area contributed by atoms with Crippen LogP contribution < -0.4 is 9.47 Å². The number of ether oxygens (including phenoxy) is 2. The summed E-state index contributed by atoms with van der Waals surface area (Å²) in [5.41, 5.74) is 2.35. The molecule has 0 atom stereocenters. The lowest BCUT2D eigenvalue weighted by Crippen LogP contribution is -2.02. The lowest BCUT2D eigenvalue weighted by molar-refractivity contribution is 0.0695. The number of halogens is 1. The molecule has 0 fully saturated rings. The zero-order valence-electron chi connectivity index (χ0n) is 11.7. The van der Waals surface area contributed by atoms with E-state index in [-0.39, 0.29) is 5.56 Å². The number of benzene rings is 2. The van der Waals surface area contributed by atoms with E-state index in [2.05, 4.69) is 15.9 Å². The first-order valence-corrected chi connectivity index (χ1v) is 7.09. The minimum Gasteiger partial charge on any atom is -0.493 e. The van der Waals surface area contributed by atoms with Crippen molar-refractivity contribution in [3.05, 3.63) is 57.6 Å². The fourth-order valence-electron chi connectivity index (χ4n) is 1.82. The van der Waals surface area contributed by atoms with Gasteiger partial charge in [-0.1, -0.05) is 29.8 Å². The molecule has 0 heterocycles. The van der Waals surface area contributed by atoms with E-state index in [4.69, 9.17) is 14.6 Å². The number of rotatable bonds is 5. The average molecular weight is 351 g/mol. The first-order valence-electron chi connectivity index (χ1n) is 6.30. The highest BCUT2D eigenvalue weighted by Crippen LogP contribution is 2.34. The lowest BCUT2D eigenvalue weighted by Gasteiger charge is -2.12. The number of carboxylic acid groups (broad SMARTS) is 1. The Hall–Kier alpha value is -2.01. The molecule has 2 rings (SSSR count). The summed E-state index contributed by atoms with van der Waals surface area (Å²) < 4.78 is 11.4. The van der Waals surface area contributed by atoms with E-state index in [1.165, 1.54) is 18.7 Å². The maximum atomic E-state index is 11.1. The number of methoxy groups -OCH3 is 1. The Bertz CT molecular complexity index is 650. The smallest absolute Gasteiger partial charge is 0.336 e. The average Bonchev–Trinajstić information content (AvgIpc) is 2.46. The monoisotopic (exact) mass is 350 g/mol. The van der Waals surface area contributed by atoms with Gasteiger partial charge in [0.25, 0.3) is 0 Å². The Morgan fingerprint density at radius 1 is 1.19 bits per heavy atom. The van der Waals surface area contributed by atoms with E-state index in [0.29, 0.717) is 22.6 Å². The van der Waals surface area contributed by atoms with Crippen LogP contribution in [-0.4, -0.2) is 18.2 Å². The predicted molar refractivity (Wildman–Crippen MR) is 83.2 cm³/mol. The van der Waals surface area contributed by atoms with Crippen molar-refractivity contribution in [1.29, 1.82) is 0 Å². The Morgan fingerprint density at radius 3 is 2.43 bits per heavy atom. The second-order valence-corrected chi connectivity index (χ2v) is 5.42. The van der Waals surface area contributed by atoms with E-state index in [0.717, 1.165) is 5.56 Å². The lowest BCUT2D eigenvalue weighted by atomic mass is 10.1. The van der Waals surface area contributed by atoms with Crippen LogP contribution in [0.15, 0.2) is 40.9 Å². The Kier molecular flexibility index (Phi) is 4.85. The van der Waals surface area contributed by atoms with E-state index < -0.39 is 5.97 Å². The van der Waals surface area contributed by atoms with Gasteiger partial charge in [0.05, 0.1) is 12.7 Å². The Balaban J connectivity index is 2.21. The number of aryl methyl sites for hydroxylation is 1. The molecule has 2 aromatic carbocycles. The minimum atomic E-state index is -1.02. The van der Waals surface area contributed by atoms with Crippen LogP contribution in [0.1, 0.15) is 21.5 Å². The Labute approximate surface area is 131 Å². The highest BCUT2D eigenvalue weighted by molar-refractivity contribution is 9.10. The fourth-order valence-corrected chi connectivity index (χ4v) is 2.31. The van der Waals surface area contributed by atoms with Crippen molar-refractivity contribution in [2.24, 2.45) is 0 Å². The fraction of sp³-hybridized carbons (Fsp3) is 0.188. The van der Waals surface area contributed by atoms with Gasteiger partial charge in [-0.3, -0.25) is 0 Å². The molecule has 0 saturated heterocycles. The molecule has 0 amide bonds. The van der Waals surface area contributed by atoms with E-state index >= 15 is 0 Å². The maximum absolute atomic E-state index is 11.1. The van der Waals surface area contributed by atoms with Gasteiger partial charge in [-0.25, -0.2) is 4.79 Å². The van der Waals surface area contributed by atoms with E-state index in [9.17, 15) is 4.79 Å². The molecule has 110 valence electrons. The van der Waals surface area contributed by atoms with Crippen molar-refractivity contribution in [2.45, 2.75) is 13.5 Å². The topological polar surface area (TPSA) is 55.8 Å². The summed E-state index contributed by atoms with van der Waals surface area (Å²) >= 11 is 3.23. The summed E-state index contributed by atoms with van der Waals surface area (Å²) in [6.07, 6.45) is 0. The van der Waals surface area contributed by atoms with Gasteiger partial charge >= 0.3 is 5.97 Å². The molecule has 0 spiro atoms. The van der Waals surface area contributed by atoms with Crippen LogP contribution in [0, 0.1) is 6.92 Å². The van der Waals surface area contributed by atoms with Gasteiger partial charge in [0.15, 0.2) is 11.5 Å². The molecule has 5 heteroatoms. The third-order valence-electron chi connectivity index (χ3n) is 3.00. The van der Waals surface area contributed by atoms with Crippen LogP contribution in [0.3, 0.4) is 0 Å². The predicted octanol–water partition coefficient (Wildman–Crippen LogP) is 4.04. The van der Waals surface area contributed by atoms with E-state index in [1.807, 2.05) is 31.2 Å². The molecule has 0 aliphatic rings. The molecular weight excluding hydrogens is 336 g/mol. The highest BCUT2D eigenvalue weighted by Gasteiger charge is 2.15. The maximum Gasteiger partial charge on any atom is 0.336 e. The van der Waals surface area contributed by atoms with Crippen molar-refractivity contribution in [1.82, 2.24) is 0 Å². The summed E-state index contributed by atoms with van der Waals surface area (Å²) in [4.78, 5) is 11.1. The molecule has 0 saturated carbocycles. The van der Waals surface area contributed by atoms with Crippen molar-refractivity contribution in [2.75, 3.05) is 7.11 Å². The standard InChI is InChI=1S/C16H15BrO4/c1-10-3-5-11(6-4-10)9-21-15-8-13(17)12(16(18)19)7-14(15)20-2/h3-8H,9H2,1-2H3,(H,18,19). The van der Waals surface area contributed by atoms with Gasteiger partial charge in [-0.05, 0) is 40.5 Å². The highest BCUT2D eigenvalue weighted by atomic mass is 79.9. The molecule has 0 radical (unpaired) electrons. The molecule has 4 nitrogen and oxygen atoms in total. The molecule has 0 aliphatic carbocycles. The zero-order chi connectivity index (χ0) is 15.4. The molecule has 0 aliphatic heterocycles. The van der Waals surface area contributed by atoms with Gasteiger partial charge < -0.3 is 14.6 Å². The molecule has 0 unspecified atom stereocenters. The van der Waals surface area contributed by atoms with Crippen molar-refractivity contribution < 1.29 is 19.4 Å². The summed E-state index contributed by atoms with van der Waals surface area (Å²) in [5, 5.41) is 9.08. The minimum absolute atomic E-state index is 0.134. The van der Waals surface area contributed by atoms with Crippen molar-refractivity contribution >= 4 is 21.9 Å². The molecule has 2 aromatic rings. The van der Waals surface area contributed by atoms with Crippen LogP contribution in [0.25, 0.3) is 0 Å². The van der Waals surface area contributed by atoms with Gasteiger partial charge in [-0.2, -0.15) is 0 Å². The van der Waals surface area contributed by atoms with Crippen LogP contribution in [0.5, 0.6) is 11.5 Å². The van der Waals surface area contributed by atoms with Crippen molar-refractivity contribution in [3.8, 4) is 11.5 Å². The van der Waals surface area contributed by atoms with Crippen LogP contribution in [-0.2, 0) is 6.61 Å². The second kappa shape index (κ2) is 6.63. The number of carboxylic acids is 1. The quantitative estimate of drug-likeness (QED) is 0.883. The van der Waals surface area contributed by atoms with Crippen LogP contribution in [0.2, 0.25) is 0 Å². The number of carbonyl (C=O) groups is 1. The number of aromatic carboxylic acids is 1. The zero-order valence-corrected chi connectivity index (χ0v) is 13.3. The third kappa shape index (κ3) is 3.76. The van der Waals surface area contributed by atoms with Gasteiger partial charge in [0.2, 0.25) is 0 Å².